The minimum atomic E-state index is -0.120. The molecule has 0 aliphatic rings. The summed E-state index contributed by atoms with van der Waals surface area (Å²) in [6.07, 6.45) is 3.40. The topological polar surface area (TPSA) is 38.3 Å². The lowest BCUT2D eigenvalue weighted by Gasteiger charge is -2.18. The zero-order valence-corrected chi connectivity index (χ0v) is 16.4. The van der Waals surface area contributed by atoms with Gasteiger partial charge in [0.05, 0.1) is 6.04 Å². The van der Waals surface area contributed by atoms with E-state index in [0.717, 1.165) is 16.9 Å². The molecule has 3 heteroatoms. The van der Waals surface area contributed by atoms with E-state index in [1.807, 2.05) is 56.3 Å². The Morgan fingerprint density at radius 2 is 1.77 bits per heavy atom. The van der Waals surface area contributed by atoms with E-state index in [1.54, 1.807) is 6.08 Å². The third kappa shape index (κ3) is 6.07. The van der Waals surface area contributed by atoms with Gasteiger partial charge in [0.25, 0.3) is 0 Å². The van der Waals surface area contributed by atoms with E-state index in [0.29, 0.717) is 6.61 Å². The monoisotopic (exact) mass is 351 g/mol. The van der Waals surface area contributed by atoms with Crippen LogP contribution >= 0.6 is 0 Å². The highest BCUT2D eigenvalue weighted by Crippen LogP contribution is 2.22. The van der Waals surface area contributed by atoms with Crippen molar-refractivity contribution >= 4 is 12.0 Å². The second-order valence-corrected chi connectivity index (χ2v) is 7.69. The molecule has 3 nitrogen and oxygen atoms in total. The maximum Gasteiger partial charge on any atom is 0.244 e. The Hall–Kier alpha value is -2.55. The van der Waals surface area contributed by atoms with E-state index in [1.165, 1.54) is 5.56 Å². The molecule has 138 valence electrons. The first-order chi connectivity index (χ1) is 12.3. The zero-order chi connectivity index (χ0) is 19.2. The number of carbonyl (C=O) groups is 1. The minimum Gasteiger partial charge on any atom is -0.491 e. The number of amides is 1. The Morgan fingerprint density at radius 3 is 2.38 bits per heavy atom. The quantitative estimate of drug-likeness (QED) is 0.753. The number of aryl methyl sites for hydroxylation is 1. The molecule has 2 aromatic rings. The average molecular weight is 351 g/mol. The summed E-state index contributed by atoms with van der Waals surface area (Å²) in [5.74, 6) is 0.730. The van der Waals surface area contributed by atoms with E-state index < -0.39 is 0 Å². The van der Waals surface area contributed by atoms with Crippen LogP contribution in [0.4, 0.5) is 0 Å². The predicted octanol–water partition coefficient (Wildman–Crippen LogP) is 4.89. The molecule has 0 spiro atoms. The van der Waals surface area contributed by atoms with E-state index in [4.69, 9.17) is 4.74 Å². The number of hydrogen-bond donors (Lipinski definition) is 1. The zero-order valence-electron chi connectivity index (χ0n) is 16.4. The van der Waals surface area contributed by atoms with Crippen molar-refractivity contribution in [3.63, 3.8) is 0 Å². The summed E-state index contributed by atoms with van der Waals surface area (Å²) in [6.45, 7) is 10.9. The summed E-state index contributed by atoms with van der Waals surface area (Å²) in [6, 6.07) is 16.1. The van der Waals surface area contributed by atoms with Gasteiger partial charge in [-0.25, -0.2) is 0 Å². The standard InChI is InChI=1S/C23H29NO2/c1-17-8-6-7-9-21(17)26-16-18(2)24-22(25)15-12-19-10-13-20(14-11-19)23(3,4)5/h6-15,18H,16H2,1-5H3,(H,24,25)/b15-12+/t18-/m0/s1. The fourth-order valence-electron chi connectivity index (χ4n) is 2.53. The van der Waals surface area contributed by atoms with Crippen LogP contribution in [-0.4, -0.2) is 18.6 Å². The van der Waals surface area contributed by atoms with Crippen LogP contribution in [-0.2, 0) is 10.2 Å². The molecule has 0 radical (unpaired) electrons. The molecule has 0 aromatic heterocycles. The molecule has 2 rings (SSSR count). The molecule has 1 atom stereocenters. The van der Waals surface area contributed by atoms with Crippen LogP contribution in [0, 0.1) is 6.92 Å². The van der Waals surface area contributed by atoms with Crippen molar-refractivity contribution in [2.75, 3.05) is 6.61 Å². The van der Waals surface area contributed by atoms with Gasteiger partial charge in [0.15, 0.2) is 0 Å². The summed E-state index contributed by atoms with van der Waals surface area (Å²) < 4.78 is 5.77. The minimum absolute atomic E-state index is 0.0741. The lowest BCUT2D eigenvalue weighted by Crippen LogP contribution is -2.35. The summed E-state index contributed by atoms with van der Waals surface area (Å²) in [4.78, 5) is 12.1. The second-order valence-electron chi connectivity index (χ2n) is 7.69. The number of ether oxygens (including phenoxy) is 1. The maximum absolute atomic E-state index is 12.1. The number of para-hydroxylation sites is 1. The lowest BCUT2D eigenvalue weighted by molar-refractivity contribution is -0.117. The van der Waals surface area contributed by atoms with Gasteiger partial charge in [-0.05, 0) is 48.1 Å². The summed E-state index contributed by atoms with van der Waals surface area (Å²) in [5, 5.41) is 2.92. The van der Waals surface area contributed by atoms with Gasteiger partial charge in [-0.2, -0.15) is 0 Å². The van der Waals surface area contributed by atoms with Crippen molar-refractivity contribution in [1.82, 2.24) is 5.32 Å². The Kier molecular flexibility index (Phi) is 6.62. The lowest BCUT2D eigenvalue weighted by atomic mass is 9.87. The molecule has 0 saturated heterocycles. The highest BCUT2D eigenvalue weighted by molar-refractivity contribution is 5.91. The molecule has 2 aromatic carbocycles. The van der Waals surface area contributed by atoms with Crippen molar-refractivity contribution in [3.05, 3.63) is 71.3 Å². The molecule has 1 amide bonds. The maximum atomic E-state index is 12.1. The van der Waals surface area contributed by atoms with Crippen molar-refractivity contribution < 1.29 is 9.53 Å². The van der Waals surface area contributed by atoms with Gasteiger partial charge in [0.2, 0.25) is 5.91 Å². The first kappa shape index (κ1) is 19.8. The van der Waals surface area contributed by atoms with Gasteiger partial charge in [0.1, 0.15) is 12.4 Å². The predicted molar refractivity (Wildman–Crippen MR) is 108 cm³/mol. The number of rotatable bonds is 6. The van der Waals surface area contributed by atoms with Crippen molar-refractivity contribution in [2.45, 2.75) is 46.1 Å². The fourth-order valence-corrected chi connectivity index (χ4v) is 2.53. The van der Waals surface area contributed by atoms with Crippen LogP contribution in [0.2, 0.25) is 0 Å². The molecule has 0 unspecified atom stereocenters. The molecule has 26 heavy (non-hydrogen) atoms. The van der Waals surface area contributed by atoms with E-state index in [2.05, 4.69) is 38.2 Å². The van der Waals surface area contributed by atoms with Crippen LogP contribution in [0.5, 0.6) is 5.75 Å². The van der Waals surface area contributed by atoms with E-state index in [9.17, 15) is 4.79 Å². The van der Waals surface area contributed by atoms with Crippen LogP contribution < -0.4 is 10.1 Å². The number of nitrogens with one attached hydrogen (secondary N) is 1. The number of benzene rings is 2. The van der Waals surface area contributed by atoms with Gasteiger partial charge in [-0.1, -0.05) is 63.2 Å². The normalized spacial score (nSPS) is 12.8. The highest BCUT2D eigenvalue weighted by atomic mass is 16.5. The molecule has 0 fully saturated rings. The SMILES string of the molecule is Cc1ccccc1OC[C@H](C)NC(=O)/C=C/c1ccc(C(C)(C)C)cc1. The summed E-state index contributed by atoms with van der Waals surface area (Å²) in [7, 11) is 0. The van der Waals surface area contributed by atoms with Gasteiger partial charge < -0.3 is 10.1 Å². The highest BCUT2D eigenvalue weighted by Gasteiger charge is 2.12. The van der Waals surface area contributed by atoms with Crippen LogP contribution in [0.3, 0.4) is 0 Å². The van der Waals surface area contributed by atoms with Crippen LogP contribution in [0.15, 0.2) is 54.6 Å². The van der Waals surface area contributed by atoms with Gasteiger partial charge >= 0.3 is 0 Å². The van der Waals surface area contributed by atoms with Crippen molar-refractivity contribution in [1.29, 1.82) is 0 Å². The molecular weight excluding hydrogens is 322 g/mol. The molecule has 0 heterocycles. The van der Waals surface area contributed by atoms with E-state index >= 15 is 0 Å². The van der Waals surface area contributed by atoms with E-state index in [-0.39, 0.29) is 17.4 Å². The molecule has 0 aliphatic heterocycles. The number of carbonyl (C=O) groups excluding carboxylic acids is 1. The smallest absolute Gasteiger partial charge is 0.244 e. The molecule has 0 saturated carbocycles. The molecule has 0 aliphatic carbocycles. The first-order valence-electron chi connectivity index (χ1n) is 9.03. The van der Waals surface area contributed by atoms with Gasteiger partial charge in [-0.15, -0.1) is 0 Å². The molecule has 0 bridgehead atoms. The third-order valence-electron chi connectivity index (χ3n) is 4.17. The van der Waals surface area contributed by atoms with Gasteiger partial charge in [-0.3, -0.25) is 4.79 Å². The van der Waals surface area contributed by atoms with Crippen molar-refractivity contribution in [2.24, 2.45) is 0 Å². The Bertz CT molecular complexity index is 755. The average Bonchev–Trinajstić information content (AvgIpc) is 2.59. The largest absolute Gasteiger partial charge is 0.491 e. The summed E-state index contributed by atoms with van der Waals surface area (Å²) in [5.41, 5.74) is 3.51. The Morgan fingerprint density at radius 1 is 1.12 bits per heavy atom. The second kappa shape index (κ2) is 8.70. The fraction of sp³-hybridized carbons (Fsp3) is 0.348. The van der Waals surface area contributed by atoms with Crippen LogP contribution in [0.1, 0.15) is 44.4 Å². The van der Waals surface area contributed by atoms with Crippen LogP contribution in [0.25, 0.3) is 6.08 Å². The van der Waals surface area contributed by atoms with Crippen molar-refractivity contribution in [3.8, 4) is 5.75 Å². The Labute approximate surface area is 157 Å². The number of hydrogen-bond acceptors (Lipinski definition) is 2. The van der Waals surface area contributed by atoms with Gasteiger partial charge in [0, 0.05) is 6.08 Å². The molecule has 1 N–H and O–H groups in total. The molecular formula is C23H29NO2. The Balaban J connectivity index is 1.83. The first-order valence-corrected chi connectivity index (χ1v) is 9.03. The summed E-state index contributed by atoms with van der Waals surface area (Å²) >= 11 is 0. The third-order valence-corrected chi connectivity index (χ3v) is 4.17.